The maximum Gasteiger partial charge on any atom is 0.194 e. The summed E-state index contributed by atoms with van der Waals surface area (Å²) in [6, 6.07) is 30.6. The maximum absolute atomic E-state index is 13.5. The number of Topliss-reactive ketones (excluding diaryl/α,β-unsaturated/α-hetero) is 1. The number of nitriles is 2. The zero-order valence-electron chi connectivity index (χ0n) is 20.2. The number of rotatable bonds is 4. The average Bonchev–Trinajstić information content (AvgIpc) is 3.60. The number of fused-ring (bicyclic) bond motifs is 2. The van der Waals surface area contributed by atoms with Crippen molar-refractivity contribution < 1.29 is 9.53 Å². The van der Waals surface area contributed by atoms with Crippen molar-refractivity contribution in [1.29, 1.82) is 10.5 Å². The van der Waals surface area contributed by atoms with E-state index in [0.29, 0.717) is 22.3 Å². The predicted molar refractivity (Wildman–Crippen MR) is 148 cm³/mol. The molecule has 0 unspecified atom stereocenters. The van der Waals surface area contributed by atoms with Gasteiger partial charge in [-0.25, -0.2) is 4.98 Å². The van der Waals surface area contributed by atoms with Crippen LogP contribution in [-0.4, -0.2) is 22.4 Å². The Hall–Kier alpha value is -5.24. The van der Waals surface area contributed by atoms with Gasteiger partial charge in [0.2, 0.25) is 0 Å². The topological polar surface area (TPSA) is 91.7 Å². The van der Waals surface area contributed by atoms with Crippen molar-refractivity contribution in [2.24, 2.45) is 0 Å². The summed E-state index contributed by atoms with van der Waals surface area (Å²) in [7, 11) is 1.63. The van der Waals surface area contributed by atoms with Gasteiger partial charge in [0, 0.05) is 33.7 Å². The number of benzene rings is 3. The standard InChI is InChI=1S/C31H18N4O2S/c1-37-23-13-11-19(12-14-23)31-34-30-27(38-31)16-22(35(30)21-7-3-2-4-8-21)15-26-28(20(17-32)18-33)24-9-5-6-10-25(24)29(26)36/h2-16H,1H3/b26-15-. The van der Waals surface area contributed by atoms with Gasteiger partial charge in [0.25, 0.3) is 0 Å². The van der Waals surface area contributed by atoms with Gasteiger partial charge in [0.05, 0.1) is 11.8 Å². The molecule has 5 aromatic rings. The molecule has 0 saturated heterocycles. The van der Waals surface area contributed by atoms with E-state index in [0.717, 1.165) is 38.0 Å². The lowest BCUT2D eigenvalue weighted by molar-refractivity contribution is 0.104. The molecule has 1 aliphatic carbocycles. The molecule has 0 radical (unpaired) electrons. The molecule has 0 aliphatic heterocycles. The second-order valence-electron chi connectivity index (χ2n) is 8.58. The number of hydrogen-bond donors (Lipinski definition) is 0. The van der Waals surface area contributed by atoms with E-state index in [2.05, 4.69) is 0 Å². The van der Waals surface area contributed by atoms with Gasteiger partial charge in [0.15, 0.2) is 11.4 Å². The molecule has 2 heterocycles. The molecule has 180 valence electrons. The number of allylic oxidation sites excluding steroid dienone is 3. The normalized spacial score (nSPS) is 13.4. The number of carbonyl (C=O) groups is 1. The van der Waals surface area contributed by atoms with Crippen molar-refractivity contribution in [1.82, 2.24) is 9.55 Å². The van der Waals surface area contributed by atoms with E-state index >= 15 is 0 Å². The van der Waals surface area contributed by atoms with Crippen molar-refractivity contribution in [2.75, 3.05) is 7.11 Å². The lowest BCUT2D eigenvalue weighted by Gasteiger charge is -2.09. The molecule has 7 heteroatoms. The summed E-state index contributed by atoms with van der Waals surface area (Å²) in [4.78, 5) is 18.5. The van der Waals surface area contributed by atoms with Crippen molar-refractivity contribution in [3.05, 3.63) is 113 Å². The van der Waals surface area contributed by atoms with Crippen LogP contribution in [0.3, 0.4) is 0 Å². The summed E-state index contributed by atoms with van der Waals surface area (Å²) < 4.78 is 8.22. The zero-order chi connectivity index (χ0) is 26.2. The molecule has 0 spiro atoms. The SMILES string of the molecule is COc1ccc(-c2nc3c(cc(/C=C4\C(=O)c5ccccc5C4=C(C#N)C#N)n3-c3ccccc3)s2)cc1. The molecule has 38 heavy (non-hydrogen) atoms. The van der Waals surface area contributed by atoms with Crippen LogP contribution in [0.1, 0.15) is 21.6 Å². The lowest BCUT2D eigenvalue weighted by atomic mass is 9.99. The second-order valence-corrected chi connectivity index (χ2v) is 9.61. The molecule has 0 amide bonds. The fourth-order valence-corrected chi connectivity index (χ4v) is 5.71. The third-order valence-electron chi connectivity index (χ3n) is 6.46. The molecular formula is C31H18N4O2S. The Morgan fingerprint density at radius 1 is 0.947 bits per heavy atom. The van der Waals surface area contributed by atoms with E-state index in [1.165, 1.54) is 0 Å². The summed E-state index contributed by atoms with van der Waals surface area (Å²) >= 11 is 1.55. The quantitative estimate of drug-likeness (QED) is 0.195. The molecule has 0 atom stereocenters. The van der Waals surface area contributed by atoms with Gasteiger partial charge in [-0.3, -0.25) is 9.36 Å². The summed E-state index contributed by atoms with van der Waals surface area (Å²) in [5.41, 5.74) is 5.03. The first-order chi connectivity index (χ1) is 18.6. The van der Waals surface area contributed by atoms with E-state index < -0.39 is 0 Å². The highest BCUT2D eigenvalue weighted by Gasteiger charge is 2.32. The molecule has 6 rings (SSSR count). The van der Waals surface area contributed by atoms with Gasteiger partial charge >= 0.3 is 0 Å². The minimum atomic E-state index is -0.213. The first-order valence-corrected chi connectivity index (χ1v) is 12.6. The van der Waals surface area contributed by atoms with Crippen LogP contribution in [0.4, 0.5) is 0 Å². The Bertz CT molecular complexity index is 1860. The Morgan fingerprint density at radius 2 is 1.63 bits per heavy atom. The van der Waals surface area contributed by atoms with E-state index in [4.69, 9.17) is 9.72 Å². The number of hydrogen-bond acceptors (Lipinski definition) is 6. The van der Waals surface area contributed by atoms with Crippen molar-refractivity contribution in [2.45, 2.75) is 0 Å². The predicted octanol–water partition coefficient (Wildman–Crippen LogP) is 6.84. The number of nitrogens with zero attached hydrogens (tertiary/aromatic N) is 4. The minimum absolute atomic E-state index is 0.0888. The van der Waals surface area contributed by atoms with Crippen LogP contribution in [-0.2, 0) is 0 Å². The third-order valence-corrected chi connectivity index (χ3v) is 7.50. The van der Waals surface area contributed by atoms with Gasteiger partial charge in [-0.15, -0.1) is 11.3 Å². The van der Waals surface area contributed by atoms with Gasteiger partial charge < -0.3 is 4.74 Å². The zero-order valence-corrected chi connectivity index (χ0v) is 21.0. The first kappa shape index (κ1) is 23.2. The maximum atomic E-state index is 13.5. The van der Waals surface area contributed by atoms with Crippen molar-refractivity contribution >= 4 is 39.1 Å². The van der Waals surface area contributed by atoms with Crippen molar-refractivity contribution in [3.8, 4) is 34.1 Å². The third kappa shape index (κ3) is 3.70. The minimum Gasteiger partial charge on any atom is -0.497 e. The smallest absolute Gasteiger partial charge is 0.194 e. The summed E-state index contributed by atoms with van der Waals surface area (Å²) in [5.74, 6) is 0.562. The average molecular weight is 511 g/mol. The molecule has 0 N–H and O–H groups in total. The lowest BCUT2D eigenvalue weighted by Crippen LogP contribution is -2.00. The number of ether oxygens (including phenoxy) is 1. The molecule has 2 aromatic heterocycles. The van der Waals surface area contributed by atoms with E-state index in [-0.39, 0.29) is 11.4 Å². The number of thiazole rings is 1. The highest BCUT2D eigenvalue weighted by molar-refractivity contribution is 7.21. The molecule has 1 aliphatic rings. The number of methoxy groups -OCH3 is 1. The Labute approximate surface area is 222 Å². The van der Waals surface area contributed by atoms with E-state index in [1.54, 1.807) is 48.8 Å². The Balaban J connectivity index is 1.57. The van der Waals surface area contributed by atoms with Crippen LogP contribution in [0.25, 0.3) is 38.3 Å². The van der Waals surface area contributed by atoms with Crippen molar-refractivity contribution in [3.63, 3.8) is 0 Å². The molecule has 3 aromatic carbocycles. The highest BCUT2D eigenvalue weighted by atomic mass is 32.1. The molecule has 0 bridgehead atoms. The molecule has 6 nitrogen and oxygen atoms in total. The van der Waals surface area contributed by atoms with E-state index in [9.17, 15) is 15.3 Å². The molecular weight excluding hydrogens is 492 g/mol. The number of ketones is 1. The van der Waals surface area contributed by atoms with Crippen LogP contribution in [0.5, 0.6) is 5.75 Å². The Morgan fingerprint density at radius 3 is 2.32 bits per heavy atom. The van der Waals surface area contributed by atoms with Gasteiger partial charge in [-0.2, -0.15) is 10.5 Å². The highest BCUT2D eigenvalue weighted by Crippen LogP contribution is 2.41. The van der Waals surface area contributed by atoms with Gasteiger partial charge in [0.1, 0.15) is 28.5 Å². The van der Waals surface area contributed by atoms with Crippen LogP contribution in [0.2, 0.25) is 0 Å². The number of carbonyl (C=O) groups excluding carboxylic acids is 1. The van der Waals surface area contributed by atoms with Crippen LogP contribution in [0, 0.1) is 22.7 Å². The fourth-order valence-electron chi connectivity index (χ4n) is 4.71. The number of aromatic nitrogens is 2. The second kappa shape index (κ2) is 9.33. The largest absolute Gasteiger partial charge is 0.497 e. The summed E-state index contributed by atoms with van der Waals surface area (Å²) in [6.45, 7) is 0. The van der Waals surface area contributed by atoms with Gasteiger partial charge in [-0.1, -0.05) is 42.5 Å². The monoisotopic (exact) mass is 510 g/mol. The van der Waals surface area contributed by atoms with Gasteiger partial charge in [-0.05, 0) is 54.1 Å². The van der Waals surface area contributed by atoms with Crippen LogP contribution < -0.4 is 4.74 Å². The van der Waals surface area contributed by atoms with E-state index in [1.807, 2.05) is 77.4 Å². The molecule has 0 saturated carbocycles. The first-order valence-electron chi connectivity index (χ1n) is 11.8. The summed E-state index contributed by atoms with van der Waals surface area (Å²) in [5, 5.41) is 20.2. The number of para-hydroxylation sites is 1. The summed E-state index contributed by atoms with van der Waals surface area (Å²) in [6.07, 6.45) is 1.76. The Kier molecular flexibility index (Phi) is 5.69. The molecule has 0 fully saturated rings. The van der Waals surface area contributed by atoms with Crippen LogP contribution >= 0.6 is 11.3 Å². The fraction of sp³-hybridized carbons (Fsp3) is 0.0323. The van der Waals surface area contributed by atoms with Crippen LogP contribution in [0.15, 0.2) is 96.1 Å².